The third-order valence-electron chi connectivity index (χ3n) is 10.4. The molecule has 3 saturated carbocycles. The lowest BCUT2D eigenvalue weighted by Gasteiger charge is -2.59. The molecule has 0 radical (unpaired) electrons. The van der Waals surface area contributed by atoms with E-state index in [0.717, 1.165) is 5.57 Å². The largest absolute Gasteiger partial charge is 0.514 e. The number of Topliss-reactive ketones (excluding diaryl/α,β-unsaturated/α-hetero) is 1. The van der Waals surface area contributed by atoms with Gasteiger partial charge in [0.2, 0.25) is 5.78 Å². The molecule has 3 N–H and O–H groups in total. The van der Waals surface area contributed by atoms with Crippen LogP contribution in [-0.2, 0) is 35.2 Å². The molecule has 5 rings (SSSR count). The summed E-state index contributed by atoms with van der Waals surface area (Å²) in [6.07, 6.45) is 4.25. The zero-order valence-electron chi connectivity index (χ0n) is 25.5. The van der Waals surface area contributed by atoms with Gasteiger partial charge >= 0.3 is 12.3 Å². The highest BCUT2D eigenvalue weighted by Gasteiger charge is 2.70. The maximum absolute atomic E-state index is 14.0. The molecule has 13 heteroatoms. The summed E-state index contributed by atoms with van der Waals surface area (Å²) in [6, 6.07) is 6.00. The molecule has 45 heavy (non-hydrogen) atoms. The molecule has 0 spiro atoms. The molecule has 13 nitrogen and oxygen atoms in total. The van der Waals surface area contributed by atoms with E-state index in [1.54, 1.807) is 31.2 Å². The van der Waals surface area contributed by atoms with Crippen molar-refractivity contribution in [2.45, 2.75) is 71.2 Å². The fourth-order valence-electron chi connectivity index (χ4n) is 8.48. The lowest BCUT2D eigenvalue weighted by molar-refractivity contribution is -0.497. The molecule has 3 fully saturated rings. The average Bonchev–Trinajstić information content (AvgIpc) is 3.27. The van der Waals surface area contributed by atoms with Crippen molar-refractivity contribution in [3.05, 3.63) is 53.6 Å². The standard InChI is InChI=1S/C32H39NO12/c1-4-41-29(38)45-32(26(36)18-42-28(37)44-22-7-5-6-19(14-22)17-43-33(39)40)13-11-24-23-9-8-20-15-21(34)10-12-30(20,2)27(23)25(35)16-31(24,32)3/h5-7,10,12,14-15,23-25,27,35,39-40H,4,8-9,11,13,16-18H2,1-3H3/t23-,24-,25-,27+,30-,31-,32-/m0/s1. The van der Waals surface area contributed by atoms with Crippen molar-refractivity contribution < 1.29 is 58.5 Å². The zero-order chi connectivity index (χ0) is 32.6. The maximum atomic E-state index is 14.0. The molecule has 0 unspecified atom stereocenters. The van der Waals surface area contributed by atoms with Crippen LogP contribution < -0.4 is 4.74 Å². The SMILES string of the molecule is CCOC(=O)O[C@]1(C(=O)COC(=O)Oc2cccc(CON(O)O)c2)CC[C@H]2[C@@H]3CCC4=CC(=O)C=C[C@]4(C)[C@H]3[C@@H](O)C[C@@]21C. The molecule has 0 aliphatic heterocycles. The number of fused-ring (bicyclic) bond motifs is 5. The Labute approximate surface area is 260 Å². The van der Waals surface area contributed by atoms with Gasteiger partial charge in [0, 0.05) is 16.7 Å². The molecular weight excluding hydrogens is 590 g/mol. The average molecular weight is 630 g/mol. The summed E-state index contributed by atoms with van der Waals surface area (Å²) < 4.78 is 21.4. The molecule has 0 heterocycles. The van der Waals surface area contributed by atoms with Crippen molar-refractivity contribution in [1.29, 1.82) is 0 Å². The second-order valence-electron chi connectivity index (χ2n) is 12.6. The number of nitrogens with zero attached hydrogens (tertiary/aromatic N) is 1. The highest BCUT2D eigenvalue weighted by molar-refractivity contribution is 6.01. The van der Waals surface area contributed by atoms with Gasteiger partial charge in [-0.25, -0.2) is 14.4 Å². The number of carbonyl (C=O) groups is 4. The summed E-state index contributed by atoms with van der Waals surface area (Å²) in [6.45, 7) is 4.54. The summed E-state index contributed by atoms with van der Waals surface area (Å²) in [4.78, 5) is 56.1. The topological polar surface area (TPSA) is 178 Å². The second-order valence-corrected chi connectivity index (χ2v) is 12.6. The fourth-order valence-corrected chi connectivity index (χ4v) is 8.48. The summed E-state index contributed by atoms with van der Waals surface area (Å²) in [5.41, 5.74) is -1.81. The normalized spacial score (nSPS) is 33.4. The minimum atomic E-state index is -1.73. The Balaban J connectivity index is 1.35. The van der Waals surface area contributed by atoms with Crippen LogP contribution in [0.25, 0.3) is 0 Å². The fraction of sp³-hybridized carbons (Fsp3) is 0.562. The Bertz CT molecular complexity index is 1410. The van der Waals surface area contributed by atoms with E-state index in [2.05, 4.69) is 4.84 Å². The Hall–Kier alpha value is -3.62. The highest BCUT2D eigenvalue weighted by atomic mass is 17.1. The van der Waals surface area contributed by atoms with Crippen LogP contribution in [0.1, 0.15) is 58.4 Å². The van der Waals surface area contributed by atoms with Crippen molar-refractivity contribution in [1.82, 2.24) is 5.39 Å². The van der Waals surface area contributed by atoms with Crippen molar-refractivity contribution in [2.75, 3.05) is 13.2 Å². The van der Waals surface area contributed by atoms with Gasteiger partial charge in [0.15, 0.2) is 18.0 Å². The number of ether oxygens (including phenoxy) is 4. The van der Waals surface area contributed by atoms with Gasteiger partial charge in [0.1, 0.15) is 5.75 Å². The predicted octanol–water partition coefficient (Wildman–Crippen LogP) is 4.47. The molecule has 1 aromatic carbocycles. The number of aliphatic hydroxyl groups excluding tert-OH is 1. The zero-order valence-corrected chi connectivity index (χ0v) is 25.5. The third kappa shape index (κ3) is 6.02. The van der Waals surface area contributed by atoms with Crippen molar-refractivity contribution >= 4 is 23.9 Å². The van der Waals surface area contributed by atoms with E-state index in [0.29, 0.717) is 24.8 Å². The van der Waals surface area contributed by atoms with Gasteiger partial charge in [-0.3, -0.25) is 20.0 Å². The van der Waals surface area contributed by atoms with Crippen molar-refractivity contribution in [3.8, 4) is 5.75 Å². The minimum Gasteiger partial charge on any atom is -0.435 e. The summed E-state index contributed by atoms with van der Waals surface area (Å²) >= 11 is 0. The number of carbonyl (C=O) groups excluding carboxylic acids is 4. The van der Waals surface area contributed by atoms with Crippen LogP contribution >= 0.6 is 0 Å². The van der Waals surface area contributed by atoms with Crippen LogP contribution in [-0.4, -0.2) is 69.7 Å². The summed E-state index contributed by atoms with van der Waals surface area (Å²) in [5.74, 6) is -0.991. The number of aliphatic hydroxyl groups is 1. The summed E-state index contributed by atoms with van der Waals surface area (Å²) in [7, 11) is 0. The molecule has 7 atom stereocenters. The van der Waals surface area contributed by atoms with Gasteiger partial charge in [0.05, 0.1) is 24.7 Å². The molecular formula is C32H39NO12. The first-order chi connectivity index (χ1) is 21.3. The smallest absolute Gasteiger partial charge is 0.435 e. The number of hydrogen-bond donors (Lipinski definition) is 3. The Morgan fingerprint density at radius 3 is 2.60 bits per heavy atom. The molecule has 1 aromatic rings. The monoisotopic (exact) mass is 629 g/mol. The van der Waals surface area contributed by atoms with E-state index in [1.807, 2.05) is 19.9 Å². The quantitative estimate of drug-likeness (QED) is 0.198. The highest BCUT2D eigenvalue weighted by Crippen LogP contribution is 2.68. The maximum Gasteiger partial charge on any atom is 0.514 e. The van der Waals surface area contributed by atoms with Crippen LogP contribution in [0.2, 0.25) is 0 Å². The van der Waals surface area contributed by atoms with Crippen LogP contribution in [0.4, 0.5) is 9.59 Å². The first-order valence-electron chi connectivity index (χ1n) is 15.1. The molecule has 244 valence electrons. The molecule has 4 aliphatic rings. The van der Waals surface area contributed by atoms with Gasteiger partial charge in [0.25, 0.3) is 0 Å². The third-order valence-corrected chi connectivity index (χ3v) is 10.4. The van der Waals surface area contributed by atoms with E-state index in [4.69, 9.17) is 29.4 Å². The number of rotatable bonds is 9. The van der Waals surface area contributed by atoms with Crippen LogP contribution in [0.15, 0.2) is 48.1 Å². The Morgan fingerprint density at radius 1 is 1.09 bits per heavy atom. The predicted molar refractivity (Wildman–Crippen MR) is 152 cm³/mol. The van der Waals surface area contributed by atoms with Crippen LogP contribution in [0.3, 0.4) is 0 Å². The van der Waals surface area contributed by atoms with Gasteiger partial charge in [-0.1, -0.05) is 37.6 Å². The molecule has 0 bridgehead atoms. The van der Waals surface area contributed by atoms with Crippen LogP contribution in [0, 0.1) is 28.6 Å². The van der Waals surface area contributed by atoms with Crippen molar-refractivity contribution in [3.63, 3.8) is 0 Å². The van der Waals surface area contributed by atoms with E-state index < -0.39 is 52.6 Å². The van der Waals surface area contributed by atoms with Gasteiger partial charge in [-0.15, -0.1) is 0 Å². The molecule has 0 saturated heterocycles. The Kier molecular flexibility index (Phi) is 9.20. The lowest BCUT2D eigenvalue weighted by Crippen LogP contribution is -2.63. The van der Waals surface area contributed by atoms with Gasteiger partial charge in [-0.05, 0) is 80.7 Å². The number of allylic oxidation sites excluding steroid dienone is 4. The second kappa shape index (κ2) is 12.6. The van der Waals surface area contributed by atoms with Crippen molar-refractivity contribution in [2.24, 2.45) is 28.6 Å². The van der Waals surface area contributed by atoms with E-state index in [1.165, 1.54) is 12.1 Å². The van der Waals surface area contributed by atoms with Gasteiger partial charge < -0.3 is 24.1 Å². The van der Waals surface area contributed by atoms with E-state index in [-0.39, 0.29) is 55.3 Å². The Morgan fingerprint density at radius 2 is 1.87 bits per heavy atom. The van der Waals surface area contributed by atoms with Gasteiger partial charge in [-0.2, -0.15) is 0 Å². The summed E-state index contributed by atoms with van der Waals surface area (Å²) in [5, 5.41) is 28.8. The number of ketones is 2. The number of hydrogen-bond acceptors (Lipinski definition) is 13. The lowest BCUT2D eigenvalue weighted by atomic mass is 9.46. The van der Waals surface area contributed by atoms with Crippen LogP contribution in [0.5, 0.6) is 5.75 Å². The van der Waals surface area contributed by atoms with E-state index >= 15 is 0 Å². The first kappa shape index (κ1) is 32.8. The molecule has 0 amide bonds. The molecule has 4 aliphatic carbocycles. The minimum absolute atomic E-state index is 0.0230. The first-order valence-corrected chi connectivity index (χ1v) is 15.1. The molecule has 0 aromatic heterocycles. The van der Waals surface area contributed by atoms with E-state index in [9.17, 15) is 24.3 Å². The number of benzene rings is 1.